The molecule has 0 unspecified atom stereocenters. The zero-order chi connectivity index (χ0) is 20.3. The number of anilines is 3. The fraction of sp³-hybridized carbons (Fsp3) is 0.722. The van der Waals surface area contributed by atoms with E-state index in [4.69, 9.17) is 0 Å². The smallest absolute Gasteiger partial charge is 0.227 e. The van der Waals surface area contributed by atoms with Gasteiger partial charge < -0.3 is 15.1 Å². The normalized spacial score (nSPS) is 19.5. The van der Waals surface area contributed by atoms with Crippen molar-refractivity contribution < 1.29 is 13.2 Å². The van der Waals surface area contributed by atoms with E-state index < -0.39 is 10.0 Å². The van der Waals surface area contributed by atoms with Crippen LogP contribution in [0.4, 0.5) is 17.5 Å². The molecular formula is C18H30N6O3S. The van der Waals surface area contributed by atoms with Gasteiger partial charge in [0.25, 0.3) is 0 Å². The van der Waals surface area contributed by atoms with Crippen molar-refractivity contribution in [2.24, 2.45) is 5.92 Å². The summed E-state index contributed by atoms with van der Waals surface area (Å²) in [6.07, 6.45) is 7.44. The van der Waals surface area contributed by atoms with E-state index in [2.05, 4.69) is 20.2 Å². The average Bonchev–Trinajstić information content (AvgIpc) is 2.68. The van der Waals surface area contributed by atoms with Gasteiger partial charge in [-0.05, 0) is 32.1 Å². The van der Waals surface area contributed by atoms with Gasteiger partial charge >= 0.3 is 0 Å². The van der Waals surface area contributed by atoms with E-state index in [1.165, 1.54) is 17.0 Å². The van der Waals surface area contributed by atoms with Gasteiger partial charge in [-0.3, -0.25) is 4.79 Å². The quantitative estimate of drug-likeness (QED) is 0.777. The van der Waals surface area contributed by atoms with Crippen molar-refractivity contribution in [1.29, 1.82) is 0 Å². The predicted molar refractivity (Wildman–Crippen MR) is 110 cm³/mol. The third kappa shape index (κ3) is 4.91. The summed E-state index contributed by atoms with van der Waals surface area (Å²) in [5, 5.41) is 2.95. The SMILES string of the molecule is CN(C)c1nc(N2CCCCC2)ncc1NC(=O)C1CCN(S(C)(=O)=O)CC1. The van der Waals surface area contributed by atoms with Gasteiger partial charge in [-0.25, -0.2) is 17.7 Å². The molecule has 0 aromatic carbocycles. The molecule has 0 aliphatic carbocycles. The standard InChI is InChI=1S/C18H30N6O3S/c1-22(2)16-15(13-19-18(21-16)23-9-5-4-6-10-23)20-17(25)14-7-11-24(12-8-14)28(3,26)27/h13-14H,4-12H2,1-3H3,(H,20,25). The third-order valence-corrected chi connectivity index (χ3v) is 6.67. The van der Waals surface area contributed by atoms with Gasteiger partial charge in [0.15, 0.2) is 5.82 Å². The lowest BCUT2D eigenvalue weighted by Gasteiger charge is -2.30. The number of aromatic nitrogens is 2. The number of carbonyl (C=O) groups excluding carboxylic acids is 1. The first kappa shape index (κ1) is 20.8. The van der Waals surface area contributed by atoms with Crippen molar-refractivity contribution in [3.63, 3.8) is 0 Å². The first-order chi connectivity index (χ1) is 13.3. The highest BCUT2D eigenvalue weighted by Crippen LogP contribution is 2.27. The summed E-state index contributed by atoms with van der Waals surface area (Å²) < 4.78 is 24.7. The summed E-state index contributed by atoms with van der Waals surface area (Å²) in [5.74, 6) is 1.06. The number of rotatable bonds is 5. The highest BCUT2D eigenvalue weighted by atomic mass is 32.2. The van der Waals surface area contributed by atoms with E-state index in [0.717, 1.165) is 25.9 Å². The molecule has 1 amide bonds. The molecule has 0 saturated carbocycles. The van der Waals surface area contributed by atoms with Gasteiger partial charge in [0.1, 0.15) is 5.69 Å². The van der Waals surface area contributed by atoms with Gasteiger partial charge in [0, 0.05) is 46.2 Å². The third-order valence-electron chi connectivity index (χ3n) is 5.37. The Labute approximate surface area is 167 Å². The Kier molecular flexibility index (Phi) is 6.39. The van der Waals surface area contributed by atoms with Crippen molar-refractivity contribution in [3.8, 4) is 0 Å². The van der Waals surface area contributed by atoms with Crippen LogP contribution in [0.1, 0.15) is 32.1 Å². The minimum atomic E-state index is -3.20. The maximum Gasteiger partial charge on any atom is 0.227 e. The zero-order valence-corrected chi connectivity index (χ0v) is 17.7. The van der Waals surface area contributed by atoms with Crippen molar-refractivity contribution >= 4 is 33.4 Å². The highest BCUT2D eigenvalue weighted by molar-refractivity contribution is 7.88. The van der Waals surface area contributed by atoms with E-state index >= 15 is 0 Å². The summed E-state index contributed by atoms with van der Waals surface area (Å²) >= 11 is 0. The largest absolute Gasteiger partial charge is 0.361 e. The molecule has 28 heavy (non-hydrogen) atoms. The van der Waals surface area contributed by atoms with Gasteiger partial charge in [0.2, 0.25) is 21.9 Å². The fourth-order valence-electron chi connectivity index (χ4n) is 3.72. The number of nitrogens with one attached hydrogen (secondary N) is 1. The summed E-state index contributed by atoms with van der Waals surface area (Å²) in [6.45, 7) is 2.67. The topological polar surface area (TPSA) is 98.7 Å². The molecule has 3 rings (SSSR count). The minimum absolute atomic E-state index is 0.106. The lowest BCUT2D eigenvalue weighted by Crippen LogP contribution is -2.41. The van der Waals surface area contributed by atoms with Crippen LogP contribution in [-0.2, 0) is 14.8 Å². The number of amides is 1. The van der Waals surface area contributed by atoms with Crippen LogP contribution in [0.15, 0.2) is 6.20 Å². The Morgan fingerprint density at radius 3 is 2.36 bits per heavy atom. The molecule has 0 spiro atoms. The zero-order valence-electron chi connectivity index (χ0n) is 16.9. The van der Waals surface area contributed by atoms with Gasteiger partial charge in [-0.2, -0.15) is 4.98 Å². The Bertz CT molecular complexity index is 800. The number of hydrogen-bond acceptors (Lipinski definition) is 7. The molecule has 0 radical (unpaired) electrons. The fourth-order valence-corrected chi connectivity index (χ4v) is 4.60. The second-order valence-electron chi connectivity index (χ2n) is 7.77. The number of piperidine rings is 2. The van der Waals surface area contributed by atoms with Crippen LogP contribution in [-0.4, -0.2) is 75.1 Å². The second kappa shape index (κ2) is 8.60. The maximum absolute atomic E-state index is 12.7. The van der Waals surface area contributed by atoms with E-state index in [-0.39, 0.29) is 11.8 Å². The average molecular weight is 411 g/mol. The summed E-state index contributed by atoms with van der Waals surface area (Å²) in [6, 6.07) is 0. The second-order valence-corrected chi connectivity index (χ2v) is 9.76. The van der Waals surface area contributed by atoms with Crippen LogP contribution in [0.25, 0.3) is 0 Å². The Morgan fingerprint density at radius 1 is 1.14 bits per heavy atom. The van der Waals surface area contributed by atoms with Gasteiger partial charge in [-0.15, -0.1) is 0 Å². The van der Waals surface area contributed by atoms with Crippen molar-refractivity contribution in [1.82, 2.24) is 14.3 Å². The van der Waals surface area contributed by atoms with E-state index in [1.807, 2.05) is 19.0 Å². The molecule has 2 saturated heterocycles. The van der Waals surface area contributed by atoms with Crippen molar-refractivity contribution in [2.45, 2.75) is 32.1 Å². The number of carbonyl (C=O) groups is 1. The highest BCUT2D eigenvalue weighted by Gasteiger charge is 2.29. The number of hydrogen-bond donors (Lipinski definition) is 1. The van der Waals surface area contributed by atoms with Crippen LogP contribution in [0, 0.1) is 5.92 Å². The first-order valence-electron chi connectivity index (χ1n) is 9.81. The molecule has 0 bridgehead atoms. The molecule has 156 valence electrons. The molecular weight excluding hydrogens is 380 g/mol. The molecule has 2 fully saturated rings. The van der Waals surface area contributed by atoms with E-state index in [9.17, 15) is 13.2 Å². The van der Waals surface area contributed by atoms with Crippen LogP contribution in [0.5, 0.6) is 0 Å². The van der Waals surface area contributed by atoms with Crippen molar-refractivity contribution in [3.05, 3.63) is 6.20 Å². The number of sulfonamides is 1. The molecule has 10 heteroatoms. The van der Waals surface area contributed by atoms with Gasteiger partial charge in [-0.1, -0.05) is 0 Å². The molecule has 1 aromatic heterocycles. The van der Waals surface area contributed by atoms with Crippen LogP contribution in [0.3, 0.4) is 0 Å². The monoisotopic (exact) mass is 410 g/mol. The van der Waals surface area contributed by atoms with Crippen LogP contribution in [0.2, 0.25) is 0 Å². The minimum Gasteiger partial charge on any atom is -0.361 e. The lowest BCUT2D eigenvalue weighted by molar-refractivity contribution is -0.120. The molecule has 1 N–H and O–H groups in total. The molecule has 9 nitrogen and oxygen atoms in total. The van der Waals surface area contributed by atoms with E-state index in [1.54, 1.807) is 6.20 Å². The molecule has 0 atom stereocenters. The summed E-state index contributed by atoms with van der Waals surface area (Å²) in [5.41, 5.74) is 0.585. The Hall–Kier alpha value is -1.94. The Morgan fingerprint density at radius 2 is 1.79 bits per heavy atom. The predicted octanol–water partition coefficient (Wildman–Crippen LogP) is 1.14. The molecule has 2 aliphatic heterocycles. The van der Waals surface area contributed by atoms with Gasteiger partial charge in [0.05, 0.1) is 12.5 Å². The first-order valence-corrected chi connectivity index (χ1v) is 11.7. The maximum atomic E-state index is 12.7. The molecule has 2 aliphatic rings. The van der Waals surface area contributed by atoms with E-state index in [0.29, 0.717) is 43.4 Å². The molecule has 3 heterocycles. The number of nitrogens with zero attached hydrogens (tertiary/aromatic N) is 5. The summed E-state index contributed by atoms with van der Waals surface area (Å²) in [7, 11) is 0.586. The lowest BCUT2D eigenvalue weighted by atomic mass is 9.97. The van der Waals surface area contributed by atoms with Crippen molar-refractivity contribution in [2.75, 3.05) is 61.6 Å². The van der Waals surface area contributed by atoms with Crippen LogP contribution < -0.4 is 15.1 Å². The summed E-state index contributed by atoms with van der Waals surface area (Å²) in [4.78, 5) is 25.9. The molecule has 1 aromatic rings. The van der Waals surface area contributed by atoms with Crippen LogP contribution >= 0.6 is 0 Å². The Balaban J connectivity index is 1.68.